The molecule has 9 heteroatoms. The van der Waals surface area contributed by atoms with Crippen molar-refractivity contribution < 1.29 is 18.0 Å². The van der Waals surface area contributed by atoms with Crippen LogP contribution in [-0.2, 0) is 17.5 Å². The first-order chi connectivity index (χ1) is 10.6. The molecule has 2 aromatic heterocycles. The summed E-state index contributed by atoms with van der Waals surface area (Å²) >= 11 is 1.51. The van der Waals surface area contributed by atoms with Crippen LogP contribution in [0.4, 0.5) is 13.2 Å². The van der Waals surface area contributed by atoms with Gasteiger partial charge in [-0.25, -0.2) is 4.98 Å². The summed E-state index contributed by atoms with van der Waals surface area (Å²) in [5.41, 5.74) is -0.145. The van der Waals surface area contributed by atoms with Crippen molar-refractivity contribution in [2.45, 2.75) is 39.5 Å². The van der Waals surface area contributed by atoms with Gasteiger partial charge in [0.05, 0.1) is 16.7 Å². The van der Waals surface area contributed by atoms with E-state index in [1.165, 1.54) is 16.2 Å². The van der Waals surface area contributed by atoms with Gasteiger partial charge in [0.2, 0.25) is 5.91 Å². The van der Waals surface area contributed by atoms with Crippen LogP contribution < -0.4 is 0 Å². The van der Waals surface area contributed by atoms with Crippen LogP contribution in [0.25, 0.3) is 0 Å². The lowest BCUT2D eigenvalue weighted by molar-refractivity contribution is -0.142. The second kappa shape index (κ2) is 6.31. The lowest BCUT2D eigenvalue weighted by Crippen LogP contribution is -2.32. The number of nitrogens with zero attached hydrogens (tertiary/aromatic N) is 4. The Morgan fingerprint density at radius 1 is 1.43 bits per heavy atom. The third-order valence-electron chi connectivity index (χ3n) is 3.52. The van der Waals surface area contributed by atoms with Gasteiger partial charge in [0.25, 0.3) is 0 Å². The standard InChI is InChI=1S/C14H17F3N4OS/c1-8-13(23-10(3)18-8)9(2)20(4)12(22)7-21-6-5-11(19-21)14(15,16)17/h5-6,9H,7H2,1-4H3/t9-/m1/s1. The molecule has 2 heterocycles. The smallest absolute Gasteiger partial charge is 0.337 e. The van der Waals surface area contributed by atoms with Gasteiger partial charge in [-0.05, 0) is 26.8 Å². The zero-order valence-electron chi connectivity index (χ0n) is 13.2. The van der Waals surface area contributed by atoms with E-state index in [0.29, 0.717) is 0 Å². The Morgan fingerprint density at radius 3 is 2.57 bits per heavy atom. The SMILES string of the molecule is Cc1nc(C)c([C@@H](C)N(C)C(=O)Cn2ccc(C(F)(F)F)n2)s1. The minimum atomic E-state index is -4.51. The van der Waals surface area contributed by atoms with Crippen molar-refractivity contribution in [3.8, 4) is 0 Å². The highest BCUT2D eigenvalue weighted by molar-refractivity contribution is 7.11. The van der Waals surface area contributed by atoms with Gasteiger partial charge in [0, 0.05) is 18.1 Å². The van der Waals surface area contributed by atoms with Crippen LogP contribution in [0.2, 0.25) is 0 Å². The molecular formula is C14H17F3N4OS. The first-order valence-electron chi connectivity index (χ1n) is 6.90. The number of alkyl halides is 3. The topological polar surface area (TPSA) is 51.0 Å². The Hall–Kier alpha value is -1.90. The summed E-state index contributed by atoms with van der Waals surface area (Å²) in [6, 6.07) is 0.652. The maximum Gasteiger partial charge on any atom is 0.435 e. The van der Waals surface area contributed by atoms with Crippen molar-refractivity contribution in [2.24, 2.45) is 0 Å². The van der Waals surface area contributed by atoms with E-state index < -0.39 is 11.9 Å². The van der Waals surface area contributed by atoms with E-state index in [0.717, 1.165) is 32.5 Å². The summed E-state index contributed by atoms with van der Waals surface area (Å²) in [7, 11) is 1.62. The van der Waals surface area contributed by atoms with E-state index in [1.807, 2.05) is 20.8 Å². The molecule has 0 aliphatic carbocycles. The highest BCUT2D eigenvalue weighted by Gasteiger charge is 2.33. The number of aryl methyl sites for hydroxylation is 2. The maximum atomic E-state index is 12.5. The molecule has 0 N–H and O–H groups in total. The second-order valence-corrected chi connectivity index (χ2v) is 6.49. The van der Waals surface area contributed by atoms with Gasteiger partial charge in [0.15, 0.2) is 5.69 Å². The molecule has 2 aromatic rings. The van der Waals surface area contributed by atoms with Crippen molar-refractivity contribution in [2.75, 3.05) is 7.05 Å². The summed E-state index contributed by atoms with van der Waals surface area (Å²) in [5, 5.41) is 4.30. The van der Waals surface area contributed by atoms with Gasteiger partial charge in [-0.2, -0.15) is 18.3 Å². The van der Waals surface area contributed by atoms with Crippen molar-refractivity contribution in [3.05, 3.63) is 33.5 Å². The number of thiazole rings is 1. The monoisotopic (exact) mass is 346 g/mol. The molecule has 0 aliphatic heterocycles. The Balaban J connectivity index is 2.08. The van der Waals surface area contributed by atoms with Gasteiger partial charge in [-0.15, -0.1) is 11.3 Å². The molecule has 0 saturated carbocycles. The number of hydrogen-bond acceptors (Lipinski definition) is 4. The average Bonchev–Trinajstić information content (AvgIpc) is 3.03. The Kier molecular flexibility index (Phi) is 4.79. The molecule has 0 spiro atoms. The lowest BCUT2D eigenvalue weighted by Gasteiger charge is -2.24. The number of hydrogen-bond donors (Lipinski definition) is 0. The zero-order valence-corrected chi connectivity index (χ0v) is 14.0. The second-order valence-electron chi connectivity index (χ2n) is 5.26. The molecule has 0 saturated heterocycles. The molecule has 0 aliphatic rings. The first-order valence-corrected chi connectivity index (χ1v) is 7.71. The fourth-order valence-electron chi connectivity index (χ4n) is 2.18. The van der Waals surface area contributed by atoms with E-state index in [1.54, 1.807) is 7.05 Å². The molecule has 0 fully saturated rings. The molecule has 0 unspecified atom stereocenters. The van der Waals surface area contributed by atoms with Crippen molar-refractivity contribution in [3.63, 3.8) is 0 Å². The number of halogens is 3. The third-order valence-corrected chi connectivity index (χ3v) is 4.76. The predicted molar refractivity (Wildman–Crippen MR) is 80.0 cm³/mol. The first kappa shape index (κ1) is 17.5. The van der Waals surface area contributed by atoms with Crippen molar-refractivity contribution in [1.82, 2.24) is 19.7 Å². The fraction of sp³-hybridized carbons (Fsp3) is 0.500. The Morgan fingerprint density at radius 2 is 2.09 bits per heavy atom. The summed E-state index contributed by atoms with van der Waals surface area (Å²) in [5.74, 6) is -0.320. The molecule has 0 aromatic carbocycles. The number of likely N-dealkylation sites (N-methyl/N-ethyl adjacent to an activating group) is 1. The molecule has 5 nitrogen and oxygen atoms in total. The third kappa shape index (κ3) is 3.90. The highest BCUT2D eigenvalue weighted by Crippen LogP contribution is 2.29. The summed E-state index contributed by atoms with van der Waals surface area (Å²) in [6.45, 7) is 5.38. The Labute approximate surface area is 135 Å². The summed E-state index contributed by atoms with van der Waals surface area (Å²) in [4.78, 5) is 19.1. The molecule has 23 heavy (non-hydrogen) atoms. The van der Waals surface area contributed by atoms with Gasteiger partial charge >= 0.3 is 6.18 Å². The van der Waals surface area contributed by atoms with E-state index in [9.17, 15) is 18.0 Å². The predicted octanol–water partition coefficient (Wildman–Crippen LogP) is 3.19. The van der Waals surface area contributed by atoms with E-state index in [-0.39, 0.29) is 18.5 Å². The van der Waals surface area contributed by atoms with Gasteiger partial charge in [-0.3, -0.25) is 9.48 Å². The molecule has 126 valence electrons. The number of aromatic nitrogens is 3. The van der Waals surface area contributed by atoms with Crippen LogP contribution in [0.5, 0.6) is 0 Å². The normalized spacial score (nSPS) is 13.2. The van der Waals surface area contributed by atoms with Crippen molar-refractivity contribution in [1.29, 1.82) is 0 Å². The zero-order chi connectivity index (χ0) is 17.4. The van der Waals surface area contributed by atoms with E-state index >= 15 is 0 Å². The molecule has 1 amide bonds. The summed E-state index contributed by atoms with van der Waals surface area (Å²) in [6.07, 6.45) is -3.36. The van der Waals surface area contributed by atoms with Crippen LogP contribution in [0.15, 0.2) is 12.3 Å². The van der Waals surface area contributed by atoms with Gasteiger partial charge in [0.1, 0.15) is 6.54 Å². The lowest BCUT2D eigenvalue weighted by atomic mass is 10.2. The van der Waals surface area contributed by atoms with Gasteiger partial charge < -0.3 is 4.90 Å². The van der Waals surface area contributed by atoms with Crippen LogP contribution in [0, 0.1) is 13.8 Å². The number of carbonyl (C=O) groups excluding carboxylic acids is 1. The quantitative estimate of drug-likeness (QED) is 0.854. The number of carbonyl (C=O) groups is 1. The number of rotatable bonds is 4. The van der Waals surface area contributed by atoms with Gasteiger partial charge in [-0.1, -0.05) is 0 Å². The van der Waals surface area contributed by atoms with Crippen LogP contribution in [0.3, 0.4) is 0 Å². The largest absolute Gasteiger partial charge is 0.435 e. The number of amides is 1. The molecular weight excluding hydrogens is 329 g/mol. The van der Waals surface area contributed by atoms with Crippen LogP contribution >= 0.6 is 11.3 Å². The fourth-order valence-corrected chi connectivity index (χ4v) is 3.20. The Bertz CT molecular complexity index is 707. The average molecular weight is 346 g/mol. The molecule has 0 bridgehead atoms. The molecule has 0 radical (unpaired) electrons. The highest BCUT2D eigenvalue weighted by atomic mass is 32.1. The van der Waals surface area contributed by atoms with Crippen LogP contribution in [-0.4, -0.2) is 32.6 Å². The van der Waals surface area contributed by atoms with Crippen LogP contribution in [0.1, 0.15) is 34.2 Å². The maximum absolute atomic E-state index is 12.5. The minimum Gasteiger partial charge on any atom is -0.337 e. The van der Waals surface area contributed by atoms with E-state index in [2.05, 4.69) is 10.1 Å². The minimum absolute atomic E-state index is 0.202. The molecule has 1 atom stereocenters. The summed E-state index contributed by atoms with van der Waals surface area (Å²) < 4.78 is 38.5. The van der Waals surface area contributed by atoms with Crippen molar-refractivity contribution >= 4 is 17.2 Å². The van der Waals surface area contributed by atoms with E-state index in [4.69, 9.17) is 0 Å². The molecule has 2 rings (SSSR count).